The molecule has 0 radical (unpaired) electrons. The summed E-state index contributed by atoms with van der Waals surface area (Å²) in [4.78, 5) is 26.7. The average molecular weight is 256 g/mol. The van der Waals surface area contributed by atoms with E-state index in [1.54, 1.807) is 0 Å². The number of likely N-dealkylation sites (N-methyl/N-ethyl adjacent to an activating group) is 1. The van der Waals surface area contributed by atoms with Gasteiger partial charge in [0, 0.05) is 32.0 Å². The molecule has 0 bridgehead atoms. The zero-order valence-electron chi connectivity index (χ0n) is 11.6. The van der Waals surface area contributed by atoms with E-state index in [1.807, 2.05) is 25.9 Å². The average Bonchev–Trinajstić information content (AvgIpc) is 2.27. The van der Waals surface area contributed by atoms with E-state index in [9.17, 15) is 9.59 Å². The van der Waals surface area contributed by atoms with Gasteiger partial charge in [-0.3, -0.25) is 9.59 Å². The number of carboxylic acid groups (broad SMARTS) is 1. The van der Waals surface area contributed by atoms with Crippen molar-refractivity contribution in [1.29, 1.82) is 0 Å². The molecule has 1 N–H and O–H groups in total. The number of carbonyl (C=O) groups excluding carboxylic acids is 1. The lowest BCUT2D eigenvalue weighted by molar-refractivity contribution is -0.139. The van der Waals surface area contributed by atoms with Gasteiger partial charge in [-0.2, -0.15) is 0 Å². The standard InChI is InChI=1S/C13H24N2O3/c1-10(8-13(17)18)7-12(16)15-6-4-5-11(9-15)14(2)3/h10-11H,4-9H2,1-3H3,(H,17,18). The number of aliphatic carboxylic acids is 1. The van der Waals surface area contributed by atoms with Gasteiger partial charge in [0.1, 0.15) is 0 Å². The van der Waals surface area contributed by atoms with Crippen molar-refractivity contribution in [2.45, 2.75) is 38.6 Å². The Morgan fingerprint density at radius 1 is 1.39 bits per heavy atom. The Balaban J connectivity index is 2.43. The molecule has 5 nitrogen and oxygen atoms in total. The Bertz CT molecular complexity index is 305. The Kier molecular flexibility index (Phi) is 5.59. The third-order valence-electron chi connectivity index (χ3n) is 3.53. The van der Waals surface area contributed by atoms with Crippen molar-refractivity contribution in [1.82, 2.24) is 9.80 Å². The summed E-state index contributed by atoms with van der Waals surface area (Å²) >= 11 is 0. The minimum atomic E-state index is -0.833. The van der Waals surface area contributed by atoms with Crippen LogP contribution in [0.15, 0.2) is 0 Å². The maximum absolute atomic E-state index is 12.1. The van der Waals surface area contributed by atoms with E-state index in [4.69, 9.17) is 5.11 Å². The van der Waals surface area contributed by atoms with Gasteiger partial charge in [0.05, 0.1) is 0 Å². The molecule has 1 aliphatic rings. The summed E-state index contributed by atoms with van der Waals surface area (Å²) in [5.74, 6) is -0.829. The lowest BCUT2D eigenvalue weighted by atomic mass is 10.0. The van der Waals surface area contributed by atoms with E-state index in [0.717, 1.165) is 25.9 Å². The molecule has 1 rings (SSSR count). The SMILES string of the molecule is CC(CC(=O)O)CC(=O)N1CCCC(N(C)C)C1. The van der Waals surface area contributed by atoms with Crippen LogP contribution in [0.25, 0.3) is 0 Å². The van der Waals surface area contributed by atoms with Gasteiger partial charge >= 0.3 is 5.97 Å². The molecule has 0 aromatic rings. The number of piperidine rings is 1. The van der Waals surface area contributed by atoms with Crippen molar-refractivity contribution in [3.8, 4) is 0 Å². The first-order valence-corrected chi connectivity index (χ1v) is 6.56. The van der Waals surface area contributed by atoms with Gasteiger partial charge in [0.15, 0.2) is 0 Å². The molecule has 0 aliphatic carbocycles. The van der Waals surface area contributed by atoms with Gasteiger partial charge in [-0.15, -0.1) is 0 Å². The van der Waals surface area contributed by atoms with Crippen molar-refractivity contribution >= 4 is 11.9 Å². The van der Waals surface area contributed by atoms with Gasteiger partial charge in [0.25, 0.3) is 0 Å². The van der Waals surface area contributed by atoms with Crippen LogP contribution < -0.4 is 0 Å². The van der Waals surface area contributed by atoms with Crippen molar-refractivity contribution in [2.24, 2.45) is 5.92 Å². The number of nitrogens with zero attached hydrogens (tertiary/aromatic N) is 2. The fraction of sp³-hybridized carbons (Fsp3) is 0.846. The van der Waals surface area contributed by atoms with Crippen LogP contribution in [-0.2, 0) is 9.59 Å². The zero-order valence-corrected chi connectivity index (χ0v) is 11.6. The molecule has 18 heavy (non-hydrogen) atoms. The number of rotatable bonds is 5. The maximum atomic E-state index is 12.1. The van der Waals surface area contributed by atoms with Crippen molar-refractivity contribution in [2.75, 3.05) is 27.2 Å². The van der Waals surface area contributed by atoms with Gasteiger partial charge in [-0.25, -0.2) is 0 Å². The highest BCUT2D eigenvalue weighted by Gasteiger charge is 2.25. The number of carboxylic acids is 1. The smallest absolute Gasteiger partial charge is 0.303 e. The lowest BCUT2D eigenvalue weighted by Gasteiger charge is -2.36. The summed E-state index contributed by atoms with van der Waals surface area (Å²) in [5, 5.41) is 8.69. The van der Waals surface area contributed by atoms with Gasteiger partial charge in [0.2, 0.25) is 5.91 Å². The molecule has 1 fully saturated rings. The third kappa shape index (κ3) is 4.64. The van der Waals surface area contributed by atoms with E-state index >= 15 is 0 Å². The molecular weight excluding hydrogens is 232 g/mol. The molecule has 0 aromatic carbocycles. The molecule has 1 heterocycles. The molecule has 1 aliphatic heterocycles. The van der Waals surface area contributed by atoms with Crippen molar-refractivity contribution in [3.05, 3.63) is 0 Å². The molecule has 0 aromatic heterocycles. The van der Waals surface area contributed by atoms with Crippen LogP contribution in [0.4, 0.5) is 0 Å². The number of hydrogen-bond donors (Lipinski definition) is 1. The van der Waals surface area contributed by atoms with Gasteiger partial charge in [-0.05, 0) is 32.9 Å². The fourth-order valence-corrected chi connectivity index (χ4v) is 2.40. The second-order valence-electron chi connectivity index (χ2n) is 5.51. The Morgan fingerprint density at radius 2 is 2.06 bits per heavy atom. The highest BCUT2D eigenvalue weighted by molar-refractivity contribution is 5.77. The predicted octanol–water partition coefficient (Wildman–Crippen LogP) is 1.04. The molecule has 2 unspecified atom stereocenters. The molecule has 2 atom stereocenters. The largest absolute Gasteiger partial charge is 0.481 e. The van der Waals surface area contributed by atoms with Crippen LogP contribution in [-0.4, -0.2) is 60.0 Å². The summed E-state index contributed by atoms with van der Waals surface area (Å²) in [6.45, 7) is 3.40. The van der Waals surface area contributed by atoms with Crippen molar-refractivity contribution < 1.29 is 14.7 Å². The molecule has 1 saturated heterocycles. The number of amides is 1. The fourth-order valence-electron chi connectivity index (χ4n) is 2.40. The number of carbonyl (C=O) groups is 2. The van der Waals surface area contributed by atoms with Crippen molar-refractivity contribution in [3.63, 3.8) is 0 Å². The highest BCUT2D eigenvalue weighted by atomic mass is 16.4. The number of hydrogen-bond acceptors (Lipinski definition) is 3. The van der Waals surface area contributed by atoms with E-state index in [0.29, 0.717) is 12.5 Å². The third-order valence-corrected chi connectivity index (χ3v) is 3.53. The summed E-state index contributed by atoms with van der Waals surface area (Å²) in [6.07, 6.45) is 2.56. The summed E-state index contributed by atoms with van der Waals surface area (Å²) < 4.78 is 0. The van der Waals surface area contributed by atoms with Crippen LogP contribution >= 0.6 is 0 Å². The molecule has 5 heteroatoms. The predicted molar refractivity (Wildman–Crippen MR) is 69.3 cm³/mol. The van der Waals surface area contributed by atoms with Gasteiger partial charge in [-0.1, -0.05) is 6.92 Å². The molecule has 104 valence electrons. The van der Waals surface area contributed by atoms with E-state index in [1.165, 1.54) is 0 Å². The summed E-state index contributed by atoms with van der Waals surface area (Å²) in [5.41, 5.74) is 0. The van der Waals surface area contributed by atoms with Crippen LogP contribution in [0.2, 0.25) is 0 Å². The normalized spacial score (nSPS) is 22.0. The molecular formula is C13H24N2O3. The van der Waals surface area contributed by atoms with Crippen LogP contribution in [0.1, 0.15) is 32.6 Å². The zero-order chi connectivity index (χ0) is 13.7. The topological polar surface area (TPSA) is 60.9 Å². The molecule has 0 saturated carbocycles. The lowest BCUT2D eigenvalue weighted by Crippen LogP contribution is -2.47. The minimum Gasteiger partial charge on any atom is -0.481 e. The molecule has 1 amide bonds. The minimum absolute atomic E-state index is 0.0662. The van der Waals surface area contributed by atoms with E-state index < -0.39 is 5.97 Å². The highest BCUT2D eigenvalue weighted by Crippen LogP contribution is 2.17. The Labute approximate surface area is 109 Å². The van der Waals surface area contributed by atoms with Crippen LogP contribution in [0.3, 0.4) is 0 Å². The van der Waals surface area contributed by atoms with Crippen LogP contribution in [0, 0.1) is 5.92 Å². The second-order valence-corrected chi connectivity index (χ2v) is 5.51. The summed E-state index contributed by atoms with van der Waals surface area (Å²) in [6, 6.07) is 0.428. The summed E-state index contributed by atoms with van der Waals surface area (Å²) in [7, 11) is 4.07. The Morgan fingerprint density at radius 3 is 2.61 bits per heavy atom. The van der Waals surface area contributed by atoms with Crippen LogP contribution in [0.5, 0.6) is 0 Å². The first-order chi connectivity index (χ1) is 8.40. The monoisotopic (exact) mass is 256 g/mol. The van der Waals surface area contributed by atoms with E-state index in [-0.39, 0.29) is 18.2 Å². The second kappa shape index (κ2) is 6.73. The van der Waals surface area contributed by atoms with E-state index in [2.05, 4.69) is 4.90 Å². The Hall–Kier alpha value is -1.10. The first-order valence-electron chi connectivity index (χ1n) is 6.56. The quantitative estimate of drug-likeness (QED) is 0.798. The number of likely N-dealkylation sites (tertiary alicyclic amines) is 1. The molecule has 0 spiro atoms. The maximum Gasteiger partial charge on any atom is 0.303 e. The van der Waals surface area contributed by atoms with Gasteiger partial charge < -0.3 is 14.9 Å². The first kappa shape index (κ1) is 15.0.